The van der Waals surface area contributed by atoms with Crippen molar-refractivity contribution in [3.8, 4) is 0 Å². The summed E-state index contributed by atoms with van der Waals surface area (Å²) in [6, 6.07) is 13.3. The van der Waals surface area contributed by atoms with Crippen LogP contribution in [0.3, 0.4) is 0 Å². The number of benzene rings is 2. The monoisotopic (exact) mass is 480 g/mol. The lowest BCUT2D eigenvalue weighted by molar-refractivity contribution is -0.132. The molecule has 2 amide bonds. The average Bonchev–Trinajstić information content (AvgIpc) is 2.66. The number of nitrogens with one attached hydrogen (secondary N) is 1. The van der Waals surface area contributed by atoms with Gasteiger partial charge in [0, 0.05) is 24.7 Å². The lowest BCUT2D eigenvalue weighted by Gasteiger charge is -2.28. The van der Waals surface area contributed by atoms with Crippen LogP contribution in [0.1, 0.15) is 43.5 Å². The van der Waals surface area contributed by atoms with Gasteiger partial charge in [-0.25, -0.2) is 8.42 Å². The number of nitrogens with zero attached hydrogens (tertiary/aromatic N) is 1. The van der Waals surface area contributed by atoms with Gasteiger partial charge in [-0.3, -0.25) is 9.59 Å². The molecule has 0 radical (unpaired) electrons. The standard InChI is InChI=1S/C21H25BrN2O4S/c1-14(16-7-11-19(12-8-16)29(4,27)28)24(3)21(26)13-20(23-15(2)25)17-5-9-18(22)10-6-17/h5-12,14,20H,13H2,1-4H3,(H,23,25). The molecule has 156 valence electrons. The number of sulfone groups is 1. The Morgan fingerprint density at radius 2 is 1.55 bits per heavy atom. The van der Waals surface area contributed by atoms with E-state index in [-0.39, 0.29) is 29.2 Å². The molecule has 2 aromatic rings. The van der Waals surface area contributed by atoms with E-state index in [0.29, 0.717) is 0 Å². The van der Waals surface area contributed by atoms with Crippen molar-refractivity contribution in [2.75, 3.05) is 13.3 Å². The SMILES string of the molecule is CC(=O)NC(CC(=O)N(C)C(C)c1ccc(S(C)(=O)=O)cc1)c1ccc(Br)cc1. The summed E-state index contributed by atoms with van der Waals surface area (Å²) in [5, 5.41) is 2.84. The number of hydrogen-bond donors (Lipinski definition) is 1. The Morgan fingerprint density at radius 3 is 2.03 bits per heavy atom. The number of hydrogen-bond acceptors (Lipinski definition) is 4. The van der Waals surface area contributed by atoms with E-state index in [4.69, 9.17) is 0 Å². The van der Waals surface area contributed by atoms with Crippen LogP contribution in [-0.2, 0) is 19.4 Å². The van der Waals surface area contributed by atoms with Crippen molar-refractivity contribution in [3.05, 3.63) is 64.1 Å². The van der Waals surface area contributed by atoms with E-state index < -0.39 is 15.9 Å². The molecule has 0 aliphatic rings. The number of halogens is 1. The summed E-state index contributed by atoms with van der Waals surface area (Å²) >= 11 is 3.38. The minimum atomic E-state index is -3.27. The smallest absolute Gasteiger partial charge is 0.225 e. The van der Waals surface area contributed by atoms with Gasteiger partial charge >= 0.3 is 0 Å². The molecule has 1 N–H and O–H groups in total. The third-order valence-corrected chi connectivity index (χ3v) is 6.45. The quantitative estimate of drug-likeness (QED) is 0.655. The van der Waals surface area contributed by atoms with E-state index in [2.05, 4.69) is 21.2 Å². The molecule has 0 aliphatic carbocycles. The lowest BCUT2D eigenvalue weighted by atomic mass is 10.0. The van der Waals surface area contributed by atoms with Crippen molar-refractivity contribution in [3.63, 3.8) is 0 Å². The molecular weight excluding hydrogens is 456 g/mol. The first-order valence-corrected chi connectivity index (χ1v) is 11.8. The van der Waals surface area contributed by atoms with E-state index in [9.17, 15) is 18.0 Å². The van der Waals surface area contributed by atoms with E-state index in [0.717, 1.165) is 21.9 Å². The van der Waals surface area contributed by atoms with Gasteiger partial charge in [0.25, 0.3) is 0 Å². The van der Waals surface area contributed by atoms with Crippen LogP contribution in [0.5, 0.6) is 0 Å². The normalized spacial score (nSPS) is 13.4. The minimum Gasteiger partial charge on any atom is -0.349 e. The summed E-state index contributed by atoms with van der Waals surface area (Å²) in [5.41, 5.74) is 1.67. The van der Waals surface area contributed by atoms with Gasteiger partial charge in [-0.1, -0.05) is 40.2 Å². The van der Waals surface area contributed by atoms with Crippen LogP contribution in [0.4, 0.5) is 0 Å². The summed E-state index contributed by atoms with van der Waals surface area (Å²) < 4.78 is 24.2. The van der Waals surface area contributed by atoms with E-state index in [1.165, 1.54) is 6.92 Å². The second-order valence-electron chi connectivity index (χ2n) is 7.03. The van der Waals surface area contributed by atoms with Crippen LogP contribution in [0, 0.1) is 0 Å². The molecule has 0 aliphatic heterocycles. The maximum atomic E-state index is 12.9. The Morgan fingerprint density at radius 1 is 1.03 bits per heavy atom. The molecule has 0 saturated carbocycles. The zero-order valence-corrected chi connectivity index (χ0v) is 19.2. The number of carbonyl (C=O) groups excluding carboxylic acids is 2. The maximum absolute atomic E-state index is 12.9. The summed E-state index contributed by atoms with van der Waals surface area (Å²) in [7, 11) is -1.57. The second kappa shape index (κ2) is 9.54. The Labute approximate surface area is 180 Å². The minimum absolute atomic E-state index is 0.115. The summed E-state index contributed by atoms with van der Waals surface area (Å²) in [6.45, 7) is 3.30. The Balaban J connectivity index is 2.15. The van der Waals surface area contributed by atoms with E-state index in [1.807, 2.05) is 31.2 Å². The molecule has 2 atom stereocenters. The van der Waals surface area contributed by atoms with Crippen LogP contribution < -0.4 is 5.32 Å². The summed E-state index contributed by atoms with van der Waals surface area (Å²) in [4.78, 5) is 26.3. The van der Waals surface area contributed by atoms with Crippen molar-refractivity contribution < 1.29 is 18.0 Å². The molecular formula is C21H25BrN2O4S. The van der Waals surface area contributed by atoms with Crippen LogP contribution in [-0.4, -0.2) is 38.4 Å². The Kier molecular flexibility index (Phi) is 7.60. The first-order chi connectivity index (χ1) is 13.5. The Bertz CT molecular complexity index is 973. The fourth-order valence-electron chi connectivity index (χ4n) is 2.94. The number of rotatable bonds is 7. The lowest BCUT2D eigenvalue weighted by Crippen LogP contribution is -2.35. The first kappa shape index (κ1) is 23.1. The van der Waals surface area contributed by atoms with Crippen molar-refractivity contribution in [2.45, 2.75) is 37.2 Å². The molecule has 2 rings (SSSR count). The molecule has 6 nitrogen and oxygen atoms in total. The molecule has 0 heterocycles. The highest BCUT2D eigenvalue weighted by molar-refractivity contribution is 9.10. The summed E-state index contributed by atoms with van der Waals surface area (Å²) in [5.74, 6) is -0.343. The fraction of sp³-hybridized carbons (Fsp3) is 0.333. The predicted molar refractivity (Wildman–Crippen MR) is 116 cm³/mol. The van der Waals surface area contributed by atoms with Crippen molar-refractivity contribution in [1.29, 1.82) is 0 Å². The number of amides is 2. The van der Waals surface area contributed by atoms with Gasteiger partial charge in [-0.15, -0.1) is 0 Å². The highest BCUT2D eigenvalue weighted by atomic mass is 79.9. The molecule has 0 bridgehead atoms. The molecule has 2 unspecified atom stereocenters. The zero-order chi connectivity index (χ0) is 21.8. The zero-order valence-electron chi connectivity index (χ0n) is 16.8. The van der Waals surface area contributed by atoms with Crippen LogP contribution >= 0.6 is 15.9 Å². The molecule has 8 heteroatoms. The third-order valence-electron chi connectivity index (χ3n) is 4.79. The number of carbonyl (C=O) groups is 2. The molecule has 0 aromatic heterocycles. The van der Waals surface area contributed by atoms with Gasteiger partial charge < -0.3 is 10.2 Å². The van der Waals surface area contributed by atoms with Crippen molar-refractivity contribution in [2.24, 2.45) is 0 Å². The van der Waals surface area contributed by atoms with Crippen molar-refractivity contribution >= 4 is 37.6 Å². The van der Waals surface area contributed by atoms with E-state index >= 15 is 0 Å². The largest absolute Gasteiger partial charge is 0.349 e. The van der Waals surface area contributed by atoms with Gasteiger partial charge in [0.2, 0.25) is 11.8 Å². The molecule has 0 saturated heterocycles. The Hall–Kier alpha value is -2.19. The van der Waals surface area contributed by atoms with Gasteiger partial charge in [-0.05, 0) is 42.3 Å². The van der Waals surface area contributed by atoms with Gasteiger partial charge in [0.1, 0.15) is 0 Å². The van der Waals surface area contributed by atoms with Gasteiger partial charge in [-0.2, -0.15) is 0 Å². The summed E-state index contributed by atoms with van der Waals surface area (Å²) in [6.07, 6.45) is 1.27. The molecule has 2 aromatic carbocycles. The van der Waals surface area contributed by atoms with Gasteiger partial charge in [0.05, 0.1) is 23.4 Å². The predicted octanol–water partition coefficient (Wildman–Crippen LogP) is 3.64. The third kappa shape index (κ3) is 6.40. The van der Waals surface area contributed by atoms with Crippen molar-refractivity contribution in [1.82, 2.24) is 10.2 Å². The van der Waals surface area contributed by atoms with Crippen LogP contribution in [0.15, 0.2) is 57.9 Å². The first-order valence-electron chi connectivity index (χ1n) is 9.07. The van der Waals surface area contributed by atoms with Crippen LogP contribution in [0.2, 0.25) is 0 Å². The van der Waals surface area contributed by atoms with Gasteiger partial charge in [0.15, 0.2) is 9.84 Å². The highest BCUT2D eigenvalue weighted by Crippen LogP contribution is 2.25. The fourth-order valence-corrected chi connectivity index (χ4v) is 3.84. The van der Waals surface area contributed by atoms with E-state index in [1.54, 1.807) is 36.2 Å². The maximum Gasteiger partial charge on any atom is 0.225 e. The molecule has 29 heavy (non-hydrogen) atoms. The van der Waals surface area contributed by atoms with Crippen LogP contribution in [0.25, 0.3) is 0 Å². The second-order valence-corrected chi connectivity index (χ2v) is 9.96. The topological polar surface area (TPSA) is 83.6 Å². The average molecular weight is 481 g/mol. The molecule has 0 fully saturated rings. The highest BCUT2D eigenvalue weighted by Gasteiger charge is 2.23. The molecule has 0 spiro atoms.